The van der Waals surface area contributed by atoms with Crippen molar-refractivity contribution in [1.29, 1.82) is 0 Å². The second kappa shape index (κ2) is 9.04. The van der Waals surface area contributed by atoms with Gasteiger partial charge in [-0.2, -0.15) is 5.10 Å². The van der Waals surface area contributed by atoms with E-state index in [4.69, 9.17) is 4.74 Å². The van der Waals surface area contributed by atoms with E-state index in [-0.39, 0.29) is 17.9 Å². The fourth-order valence-electron chi connectivity index (χ4n) is 3.63. The molecule has 0 saturated carbocycles. The van der Waals surface area contributed by atoms with Crippen LogP contribution in [-0.4, -0.2) is 46.8 Å². The minimum atomic E-state index is -0.303. The van der Waals surface area contributed by atoms with Crippen LogP contribution in [0.15, 0.2) is 36.7 Å². The van der Waals surface area contributed by atoms with E-state index < -0.39 is 0 Å². The number of hydrogen-bond donors (Lipinski definition) is 0. The lowest BCUT2D eigenvalue weighted by molar-refractivity contribution is 0.0600. The molecule has 0 N–H and O–H groups in total. The molecule has 28 heavy (non-hydrogen) atoms. The molecule has 2 aromatic rings. The van der Waals surface area contributed by atoms with Crippen molar-refractivity contribution in [2.45, 2.75) is 45.6 Å². The summed E-state index contributed by atoms with van der Waals surface area (Å²) in [6.07, 6.45) is 7.67. The van der Waals surface area contributed by atoms with Crippen LogP contribution in [0.2, 0.25) is 0 Å². The first kappa shape index (κ1) is 20.1. The molecule has 0 bridgehead atoms. The number of likely N-dealkylation sites (tertiary alicyclic amines) is 1. The number of rotatable bonds is 6. The van der Waals surface area contributed by atoms with Gasteiger partial charge in [-0.25, -0.2) is 4.79 Å². The zero-order valence-corrected chi connectivity index (χ0v) is 16.9. The maximum absolute atomic E-state index is 12.7. The highest BCUT2D eigenvalue weighted by Gasteiger charge is 2.24. The van der Waals surface area contributed by atoms with Gasteiger partial charge in [-0.3, -0.25) is 9.48 Å². The van der Waals surface area contributed by atoms with Gasteiger partial charge < -0.3 is 9.64 Å². The van der Waals surface area contributed by atoms with Gasteiger partial charge >= 0.3 is 5.97 Å². The van der Waals surface area contributed by atoms with Crippen molar-refractivity contribution < 1.29 is 14.3 Å². The molecule has 2 heterocycles. The van der Waals surface area contributed by atoms with E-state index in [1.807, 2.05) is 40.0 Å². The van der Waals surface area contributed by atoms with Crippen LogP contribution in [0, 0.1) is 5.92 Å². The number of carbonyl (C=O) groups excluding carboxylic acids is 2. The van der Waals surface area contributed by atoms with E-state index in [0.717, 1.165) is 38.8 Å². The highest BCUT2D eigenvalue weighted by molar-refractivity contribution is 5.93. The van der Waals surface area contributed by atoms with Gasteiger partial charge in [0.05, 0.1) is 24.4 Å². The largest absolute Gasteiger partial charge is 0.465 e. The number of amides is 1. The molecule has 1 aromatic heterocycles. The number of methoxy groups -OCH3 is 1. The Labute approximate surface area is 166 Å². The monoisotopic (exact) mass is 383 g/mol. The summed E-state index contributed by atoms with van der Waals surface area (Å²) in [5, 5.41) is 4.27. The average Bonchev–Trinajstić information content (AvgIpc) is 3.22. The van der Waals surface area contributed by atoms with Crippen molar-refractivity contribution in [1.82, 2.24) is 14.7 Å². The minimum Gasteiger partial charge on any atom is -0.465 e. The lowest BCUT2D eigenvalue weighted by Crippen LogP contribution is -2.38. The Morgan fingerprint density at radius 2 is 1.82 bits per heavy atom. The second-order valence-corrected chi connectivity index (χ2v) is 7.77. The average molecular weight is 383 g/mol. The smallest absolute Gasteiger partial charge is 0.337 e. The molecule has 1 aromatic carbocycles. The van der Waals surface area contributed by atoms with Crippen LogP contribution < -0.4 is 0 Å². The van der Waals surface area contributed by atoms with E-state index in [2.05, 4.69) is 18.9 Å². The summed E-state index contributed by atoms with van der Waals surface area (Å²) < 4.78 is 6.55. The zero-order valence-electron chi connectivity index (χ0n) is 16.9. The van der Waals surface area contributed by atoms with Crippen molar-refractivity contribution in [3.8, 4) is 0 Å². The molecule has 1 saturated heterocycles. The number of esters is 1. The Balaban J connectivity index is 1.46. The maximum Gasteiger partial charge on any atom is 0.337 e. The Morgan fingerprint density at radius 1 is 1.14 bits per heavy atom. The Morgan fingerprint density at radius 3 is 2.39 bits per heavy atom. The third-order valence-corrected chi connectivity index (χ3v) is 5.50. The summed E-state index contributed by atoms with van der Waals surface area (Å²) in [5.74, 6) is 0.411. The normalized spacial score (nSPS) is 15.1. The molecule has 0 aliphatic carbocycles. The van der Waals surface area contributed by atoms with E-state index in [9.17, 15) is 9.59 Å². The van der Waals surface area contributed by atoms with Crippen LogP contribution >= 0.6 is 0 Å². The number of ether oxygens (including phenoxy) is 1. The van der Waals surface area contributed by atoms with Gasteiger partial charge in [0.15, 0.2) is 0 Å². The Hall–Kier alpha value is -2.63. The molecule has 0 atom stereocenters. The number of benzene rings is 1. The van der Waals surface area contributed by atoms with Crippen LogP contribution in [0.1, 0.15) is 65.4 Å². The van der Waals surface area contributed by atoms with Gasteiger partial charge in [-0.15, -0.1) is 0 Å². The van der Waals surface area contributed by atoms with Gasteiger partial charge in [0.25, 0.3) is 5.91 Å². The summed E-state index contributed by atoms with van der Waals surface area (Å²) in [5.41, 5.74) is 2.49. The number of nitrogens with zero attached hydrogens (tertiary/aromatic N) is 3. The first-order valence-electron chi connectivity index (χ1n) is 9.98. The molecule has 1 aliphatic heterocycles. The first-order chi connectivity index (χ1) is 13.5. The summed E-state index contributed by atoms with van der Waals surface area (Å²) in [6, 6.07) is 7.89. The van der Waals surface area contributed by atoms with E-state index >= 15 is 0 Å². The first-order valence-corrected chi connectivity index (χ1v) is 9.98. The van der Waals surface area contributed by atoms with E-state index in [0.29, 0.717) is 17.0 Å². The van der Waals surface area contributed by atoms with Crippen molar-refractivity contribution in [3.63, 3.8) is 0 Å². The summed E-state index contributed by atoms with van der Waals surface area (Å²) >= 11 is 0. The lowest BCUT2D eigenvalue weighted by Gasteiger charge is -2.31. The number of piperidine rings is 1. The predicted octanol–water partition coefficient (Wildman–Crippen LogP) is 3.74. The van der Waals surface area contributed by atoms with Crippen molar-refractivity contribution in [2.75, 3.05) is 20.2 Å². The fraction of sp³-hybridized carbons (Fsp3) is 0.500. The van der Waals surface area contributed by atoms with Gasteiger partial charge in [0, 0.05) is 25.3 Å². The van der Waals surface area contributed by atoms with Crippen LogP contribution in [-0.2, 0) is 11.2 Å². The molecule has 0 spiro atoms. The highest BCUT2D eigenvalue weighted by atomic mass is 16.5. The van der Waals surface area contributed by atoms with Gasteiger partial charge in [0.2, 0.25) is 0 Å². The molecular weight excluding hydrogens is 354 g/mol. The third-order valence-electron chi connectivity index (χ3n) is 5.50. The minimum absolute atomic E-state index is 0.0868. The van der Waals surface area contributed by atoms with Crippen molar-refractivity contribution in [3.05, 3.63) is 53.3 Å². The van der Waals surface area contributed by atoms with E-state index in [1.165, 1.54) is 12.7 Å². The van der Waals surface area contributed by atoms with Crippen LogP contribution in [0.4, 0.5) is 0 Å². The predicted molar refractivity (Wildman–Crippen MR) is 107 cm³/mol. The highest BCUT2D eigenvalue weighted by Crippen LogP contribution is 2.24. The van der Waals surface area contributed by atoms with Gasteiger partial charge in [0.1, 0.15) is 0 Å². The van der Waals surface area contributed by atoms with Crippen LogP contribution in [0.5, 0.6) is 0 Å². The molecule has 1 fully saturated rings. The van der Waals surface area contributed by atoms with Gasteiger partial charge in [-0.1, -0.05) is 12.1 Å². The molecule has 150 valence electrons. The van der Waals surface area contributed by atoms with Crippen molar-refractivity contribution in [2.24, 2.45) is 5.92 Å². The lowest BCUT2D eigenvalue weighted by atomic mass is 9.90. The Kier molecular flexibility index (Phi) is 6.49. The Bertz CT molecular complexity index is 803. The zero-order chi connectivity index (χ0) is 20.1. The quantitative estimate of drug-likeness (QED) is 0.713. The SMILES string of the molecule is COC(=O)c1ccc(CCC2CCN(C(=O)c3cnn(C(C)C)c3)CC2)cc1. The summed E-state index contributed by atoms with van der Waals surface area (Å²) in [6.45, 7) is 5.71. The summed E-state index contributed by atoms with van der Waals surface area (Å²) in [7, 11) is 1.39. The molecule has 1 aliphatic rings. The standard InChI is InChI=1S/C22H29N3O3/c1-16(2)25-15-20(14-23-25)21(26)24-12-10-18(11-13-24)5-4-17-6-8-19(9-7-17)22(27)28-3/h6-9,14-16,18H,4-5,10-13H2,1-3H3. The molecule has 3 rings (SSSR count). The van der Waals surface area contributed by atoms with Crippen LogP contribution in [0.3, 0.4) is 0 Å². The van der Waals surface area contributed by atoms with E-state index in [1.54, 1.807) is 6.20 Å². The molecular formula is C22H29N3O3. The van der Waals surface area contributed by atoms with Crippen LogP contribution in [0.25, 0.3) is 0 Å². The number of aryl methyl sites for hydroxylation is 1. The van der Waals surface area contributed by atoms with Crippen molar-refractivity contribution >= 4 is 11.9 Å². The maximum atomic E-state index is 12.7. The second-order valence-electron chi connectivity index (χ2n) is 7.77. The molecule has 1 amide bonds. The fourth-order valence-corrected chi connectivity index (χ4v) is 3.63. The third kappa shape index (κ3) is 4.80. The number of aromatic nitrogens is 2. The molecule has 6 nitrogen and oxygen atoms in total. The topological polar surface area (TPSA) is 64.4 Å². The molecule has 0 radical (unpaired) electrons. The van der Waals surface area contributed by atoms with Gasteiger partial charge in [-0.05, 0) is 63.1 Å². The number of hydrogen-bond acceptors (Lipinski definition) is 4. The molecule has 6 heteroatoms. The number of carbonyl (C=O) groups is 2. The molecule has 0 unspecified atom stereocenters. The summed E-state index contributed by atoms with van der Waals surface area (Å²) in [4.78, 5) is 26.1.